The molecule has 2 aromatic carbocycles. The van der Waals surface area contributed by atoms with E-state index in [0.717, 1.165) is 11.1 Å². The van der Waals surface area contributed by atoms with Crippen molar-refractivity contribution in [3.8, 4) is 5.75 Å². The minimum atomic E-state index is -0.739. The molecule has 0 bridgehead atoms. The Kier molecular flexibility index (Phi) is 6.92. The highest BCUT2D eigenvalue weighted by atomic mass is 16.5. The summed E-state index contributed by atoms with van der Waals surface area (Å²) in [6.07, 6.45) is 7.82. The number of likely N-dealkylation sites (tertiary alicyclic amines) is 1. The van der Waals surface area contributed by atoms with E-state index >= 15 is 0 Å². The number of rotatable bonds is 9. The van der Waals surface area contributed by atoms with Crippen LogP contribution in [0.5, 0.6) is 5.75 Å². The largest absolute Gasteiger partial charge is 0.872 e. The minimum absolute atomic E-state index is 0.0112. The average molecular weight is 458 g/mol. The number of nitrogens with one attached hydrogen (secondary N) is 1. The molecule has 174 valence electrons. The summed E-state index contributed by atoms with van der Waals surface area (Å²) in [5.74, 6) is -1.23. The van der Waals surface area contributed by atoms with Gasteiger partial charge in [-0.25, -0.2) is 4.57 Å². The van der Waals surface area contributed by atoms with Gasteiger partial charge in [0.1, 0.15) is 24.8 Å². The van der Waals surface area contributed by atoms with Crippen LogP contribution in [-0.4, -0.2) is 34.7 Å². The van der Waals surface area contributed by atoms with E-state index in [1.165, 1.54) is 4.90 Å². The van der Waals surface area contributed by atoms with Crippen LogP contribution in [0.2, 0.25) is 0 Å². The van der Waals surface area contributed by atoms with Gasteiger partial charge in [0.2, 0.25) is 12.1 Å². The number of H-pyrrole nitrogens is 1. The molecule has 1 fully saturated rings. The van der Waals surface area contributed by atoms with Crippen LogP contribution < -0.4 is 14.4 Å². The Morgan fingerprint density at radius 3 is 2.56 bits per heavy atom. The third kappa shape index (κ3) is 4.78. The molecule has 7 heteroatoms. The Balaban J connectivity index is 1.68. The summed E-state index contributed by atoms with van der Waals surface area (Å²) in [5.41, 5.74) is 2.12. The van der Waals surface area contributed by atoms with Crippen molar-refractivity contribution in [2.24, 2.45) is 0 Å². The molecule has 2 heterocycles. The topological polar surface area (TPSA) is 89.3 Å². The zero-order valence-electron chi connectivity index (χ0n) is 19.1. The summed E-state index contributed by atoms with van der Waals surface area (Å²) in [4.78, 5) is 30.6. The number of ether oxygens (including phenoxy) is 1. The molecule has 4 rings (SSSR count). The van der Waals surface area contributed by atoms with Gasteiger partial charge < -0.3 is 14.7 Å². The van der Waals surface area contributed by atoms with Gasteiger partial charge in [-0.2, -0.15) is 0 Å². The molecule has 34 heavy (non-hydrogen) atoms. The molecule has 0 saturated carbocycles. The standard InChI is InChI=1S/C27H27N3O4/c1-3-17-34-22-11-9-21(10-12-22)25(31)23-24(20-7-5-19(2)6-8-20)30(27(33)26(23)32)15-4-14-29-16-13-28-18-29/h3,5-13,16,18,24H,1,4,14-15,17H2,2H3,(H,31,32). The van der Waals surface area contributed by atoms with Crippen LogP contribution >= 0.6 is 0 Å². The first-order valence-corrected chi connectivity index (χ1v) is 11.2. The van der Waals surface area contributed by atoms with Crippen molar-refractivity contribution in [1.29, 1.82) is 0 Å². The Hall–Kier alpha value is -4.13. The molecule has 1 aliphatic rings. The monoisotopic (exact) mass is 457 g/mol. The summed E-state index contributed by atoms with van der Waals surface area (Å²) in [6.45, 7) is 6.96. The maximum Gasteiger partial charge on any atom is 0.295 e. The molecule has 1 amide bonds. The highest BCUT2D eigenvalue weighted by molar-refractivity contribution is 6.46. The quantitative estimate of drug-likeness (QED) is 0.176. The number of benzene rings is 2. The van der Waals surface area contributed by atoms with Crippen LogP contribution in [0.3, 0.4) is 0 Å². The number of aryl methyl sites for hydroxylation is 2. The molecule has 1 unspecified atom stereocenters. The Bertz CT molecular complexity index is 1200. The third-order valence-electron chi connectivity index (χ3n) is 5.82. The van der Waals surface area contributed by atoms with E-state index < -0.39 is 23.5 Å². The fourth-order valence-electron chi connectivity index (χ4n) is 4.09. The lowest BCUT2D eigenvalue weighted by Crippen LogP contribution is -2.36. The molecule has 1 atom stereocenters. The first-order chi connectivity index (χ1) is 16.5. The second-order valence-corrected chi connectivity index (χ2v) is 8.21. The van der Waals surface area contributed by atoms with Gasteiger partial charge in [-0.05, 0) is 30.2 Å². The SMILES string of the molecule is C=CCOc1ccc(/C([O-])=C2\C(=O)C(=O)N(CCC[n+]3cc[nH]c3)C2c2ccc(C)cc2)cc1. The summed E-state index contributed by atoms with van der Waals surface area (Å²) in [5, 5.41) is 13.5. The van der Waals surface area contributed by atoms with E-state index in [0.29, 0.717) is 37.4 Å². The van der Waals surface area contributed by atoms with Crippen molar-refractivity contribution >= 4 is 17.4 Å². The van der Waals surface area contributed by atoms with Crippen LogP contribution in [0.25, 0.3) is 5.76 Å². The van der Waals surface area contributed by atoms with E-state index in [4.69, 9.17) is 4.74 Å². The molecular formula is C27H27N3O4. The molecule has 1 aromatic heterocycles. The van der Waals surface area contributed by atoms with Gasteiger partial charge in [0, 0.05) is 18.5 Å². The number of nitrogens with zero attached hydrogens (tertiary/aromatic N) is 2. The normalized spacial score (nSPS) is 17.2. The number of hydrogen-bond donors (Lipinski definition) is 1. The highest BCUT2D eigenvalue weighted by Crippen LogP contribution is 2.39. The van der Waals surface area contributed by atoms with Crippen LogP contribution in [0.15, 0.2) is 85.5 Å². The highest BCUT2D eigenvalue weighted by Gasteiger charge is 2.43. The zero-order chi connectivity index (χ0) is 24.1. The molecule has 1 aliphatic heterocycles. The van der Waals surface area contributed by atoms with E-state index in [1.54, 1.807) is 30.3 Å². The van der Waals surface area contributed by atoms with Crippen molar-refractivity contribution in [3.05, 3.63) is 102 Å². The smallest absolute Gasteiger partial charge is 0.295 e. The molecule has 3 aromatic rings. The van der Waals surface area contributed by atoms with E-state index in [9.17, 15) is 14.7 Å². The number of hydrogen-bond acceptors (Lipinski definition) is 4. The average Bonchev–Trinajstić information content (AvgIpc) is 3.45. The molecule has 1 saturated heterocycles. The van der Waals surface area contributed by atoms with Gasteiger partial charge in [0.05, 0.1) is 12.6 Å². The number of carbonyl (C=O) groups excluding carboxylic acids is 2. The lowest BCUT2D eigenvalue weighted by Gasteiger charge is -2.27. The Morgan fingerprint density at radius 1 is 1.18 bits per heavy atom. The van der Waals surface area contributed by atoms with Gasteiger partial charge in [-0.1, -0.05) is 60.4 Å². The van der Waals surface area contributed by atoms with Crippen LogP contribution in [0, 0.1) is 6.92 Å². The van der Waals surface area contributed by atoms with Gasteiger partial charge >= 0.3 is 0 Å². The second kappa shape index (κ2) is 10.2. The van der Waals surface area contributed by atoms with Crippen molar-refractivity contribution in [2.75, 3.05) is 13.2 Å². The first-order valence-electron chi connectivity index (χ1n) is 11.2. The molecule has 7 nitrogen and oxygen atoms in total. The molecule has 0 radical (unpaired) electrons. The Labute approximate surface area is 198 Å². The number of ketones is 1. The van der Waals surface area contributed by atoms with E-state index in [1.807, 2.05) is 54.5 Å². The molecule has 0 aliphatic carbocycles. The van der Waals surface area contributed by atoms with Gasteiger partial charge in [0.15, 0.2) is 0 Å². The van der Waals surface area contributed by atoms with Gasteiger partial charge in [-0.3, -0.25) is 14.6 Å². The van der Waals surface area contributed by atoms with Crippen molar-refractivity contribution in [3.63, 3.8) is 0 Å². The van der Waals surface area contributed by atoms with Crippen LogP contribution in [0.1, 0.15) is 29.2 Å². The number of amides is 1. The lowest BCUT2D eigenvalue weighted by atomic mass is 9.94. The van der Waals surface area contributed by atoms with Gasteiger partial charge in [-0.15, -0.1) is 0 Å². The fraction of sp³-hybridized carbons (Fsp3) is 0.222. The predicted molar refractivity (Wildman–Crippen MR) is 125 cm³/mol. The number of carbonyl (C=O) groups is 2. The van der Waals surface area contributed by atoms with Crippen LogP contribution in [0.4, 0.5) is 0 Å². The van der Waals surface area contributed by atoms with Gasteiger partial charge in [0.25, 0.3) is 5.91 Å². The van der Waals surface area contributed by atoms with Crippen molar-refractivity contribution in [2.45, 2.75) is 25.9 Å². The molecule has 0 spiro atoms. The minimum Gasteiger partial charge on any atom is -0.872 e. The number of aromatic amines is 1. The lowest BCUT2D eigenvalue weighted by molar-refractivity contribution is -0.695. The van der Waals surface area contributed by atoms with E-state index in [-0.39, 0.29) is 5.57 Å². The fourth-order valence-corrected chi connectivity index (χ4v) is 4.09. The van der Waals surface area contributed by atoms with Crippen molar-refractivity contribution < 1.29 is 24.0 Å². The first kappa shape index (κ1) is 23.0. The zero-order valence-corrected chi connectivity index (χ0v) is 19.1. The van der Waals surface area contributed by atoms with Crippen molar-refractivity contribution in [1.82, 2.24) is 9.88 Å². The summed E-state index contributed by atoms with van der Waals surface area (Å²) >= 11 is 0. The summed E-state index contributed by atoms with van der Waals surface area (Å²) in [6, 6.07) is 13.4. The summed E-state index contributed by atoms with van der Waals surface area (Å²) < 4.78 is 7.44. The van der Waals surface area contributed by atoms with Crippen LogP contribution in [-0.2, 0) is 16.1 Å². The summed E-state index contributed by atoms with van der Waals surface area (Å²) in [7, 11) is 0. The maximum atomic E-state index is 13.5. The maximum absolute atomic E-state index is 13.5. The molecule has 1 N–H and O–H groups in total. The second-order valence-electron chi connectivity index (χ2n) is 8.21. The number of Topliss-reactive ketones (excluding diaryl/α,β-unsaturated/α-hetero) is 1. The predicted octanol–water partition coefficient (Wildman–Crippen LogP) is 2.49. The number of imidazole rings is 1. The molecular weight excluding hydrogens is 430 g/mol. The van der Waals surface area contributed by atoms with E-state index in [2.05, 4.69) is 11.6 Å². The third-order valence-corrected chi connectivity index (χ3v) is 5.82. The number of aromatic nitrogens is 2. The Morgan fingerprint density at radius 2 is 1.91 bits per heavy atom.